The molecule has 1 heterocycles. The minimum Gasteiger partial charge on any atom is -0.390 e. The highest BCUT2D eigenvalue weighted by molar-refractivity contribution is 5.45. The van der Waals surface area contributed by atoms with Crippen molar-refractivity contribution in [3.05, 3.63) is 35.4 Å². The Morgan fingerprint density at radius 2 is 1.89 bits per heavy atom. The number of aliphatic hydroxyl groups excluding tert-OH is 1. The SMILES string of the molecule is CN(C)[C@@H]1c2ccccc2C2(CCNCC2)[C@H]1O. The van der Waals surface area contributed by atoms with Crippen molar-refractivity contribution < 1.29 is 5.11 Å². The molecule has 1 aromatic rings. The zero-order valence-electron chi connectivity index (χ0n) is 11.2. The van der Waals surface area contributed by atoms with E-state index >= 15 is 0 Å². The summed E-state index contributed by atoms with van der Waals surface area (Å²) in [5, 5.41) is 14.3. The fourth-order valence-corrected chi connectivity index (χ4v) is 3.84. The molecule has 0 aromatic heterocycles. The monoisotopic (exact) mass is 246 g/mol. The van der Waals surface area contributed by atoms with Crippen molar-refractivity contribution in [2.75, 3.05) is 27.2 Å². The number of piperidine rings is 1. The van der Waals surface area contributed by atoms with Crippen molar-refractivity contribution in [1.82, 2.24) is 10.2 Å². The summed E-state index contributed by atoms with van der Waals surface area (Å²) in [6, 6.07) is 8.72. The maximum atomic E-state index is 10.9. The number of benzene rings is 1. The molecule has 3 heteroatoms. The second-order valence-corrected chi connectivity index (χ2v) is 5.85. The molecular weight excluding hydrogens is 224 g/mol. The van der Waals surface area contributed by atoms with Crippen molar-refractivity contribution in [2.45, 2.75) is 30.4 Å². The average Bonchev–Trinajstić information content (AvgIpc) is 2.61. The Morgan fingerprint density at radius 1 is 1.22 bits per heavy atom. The van der Waals surface area contributed by atoms with Crippen LogP contribution in [-0.2, 0) is 5.41 Å². The van der Waals surface area contributed by atoms with Crippen LogP contribution >= 0.6 is 0 Å². The number of hydrogen-bond donors (Lipinski definition) is 2. The number of nitrogens with zero attached hydrogens (tertiary/aromatic N) is 1. The van der Waals surface area contributed by atoms with E-state index in [0.29, 0.717) is 0 Å². The summed E-state index contributed by atoms with van der Waals surface area (Å²) in [7, 11) is 4.12. The fraction of sp³-hybridized carbons (Fsp3) is 0.600. The smallest absolute Gasteiger partial charge is 0.0834 e. The van der Waals surface area contributed by atoms with E-state index in [2.05, 4.69) is 48.6 Å². The van der Waals surface area contributed by atoms with Gasteiger partial charge in [0, 0.05) is 5.41 Å². The molecule has 98 valence electrons. The second kappa shape index (κ2) is 4.34. The standard InChI is InChI=1S/C15H22N2O/c1-17(2)13-11-5-3-4-6-12(11)15(14(13)18)7-9-16-10-8-15/h3-6,13-14,16,18H,7-10H2,1-2H3/t13-,14+/m1/s1. The Morgan fingerprint density at radius 3 is 2.56 bits per heavy atom. The topological polar surface area (TPSA) is 35.5 Å². The van der Waals surface area contributed by atoms with Gasteiger partial charge in [-0.3, -0.25) is 0 Å². The van der Waals surface area contributed by atoms with Crippen molar-refractivity contribution in [2.24, 2.45) is 0 Å². The number of aliphatic hydroxyl groups is 1. The van der Waals surface area contributed by atoms with Gasteiger partial charge in [-0.1, -0.05) is 24.3 Å². The first kappa shape index (κ1) is 12.2. The van der Waals surface area contributed by atoms with Gasteiger partial charge in [0.15, 0.2) is 0 Å². The van der Waals surface area contributed by atoms with Crippen LogP contribution in [0.3, 0.4) is 0 Å². The summed E-state index contributed by atoms with van der Waals surface area (Å²) in [5.74, 6) is 0. The Bertz CT molecular complexity index is 438. The van der Waals surface area contributed by atoms with E-state index < -0.39 is 0 Å². The lowest BCUT2D eigenvalue weighted by Gasteiger charge is -2.39. The number of rotatable bonds is 1. The molecule has 3 nitrogen and oxygen atoms in total. The van der Waals surface area contributed by atoms with Gasteiger partial charge in [-0.05, 0) is 51.2 Å². The first-order chi connectivity index (χ1) is 8.67. The van der Waals surface area contributed by atoms with Crippen molar-refractivity contribution in [3.63, 3.8) is 0 Å². The first-order valence-electron chi connectivity index (χ1n) is 6.81. The number of likely N-dealkylation sites (N-methyl/N-ethyl adjacent to an activating group) is 1. The zero-order valence-corrected chi connectivity index (χ0v) is 11.2. The van der Waals surface area contributed by atoms with E-state index in [4.69, 9.17) is 0 Å². The van der Waals surface area contributed by atoms with E-state index in [9.17, 15) is 5.11 Å². The summed E-state index contributed by atoms with van der Waals surface area (Å²) >= 11 is 0. The molecule has 0 unspecified atom stereocenters. The van der Waals surface area contributed by atoms with Gasteiger partial charge in [0.2, 0.25) is 0 Å². The van der Waals surface area contributed by atoms with Crippen LogP contribution in [0, 0.1) is 0 Å². The molecule has 0 amide bonds. The minimum atomic E-state index is -0.285. The van der Waals surface area contributed by atoms with Crippen LogP contribution < -0.4 is 5.32 Å². The molecule has 18 heavy (non-hydrogen) atoms. The molecule has 3 rings (SSSR count). The van der Waals surface area contributed by atoms with Gasteiger partial charge in [-0.15, -0.1) is 0 Å². The first-order valence-corrected chi connectivity index (χ1v) is 6.81. The lowest BCUT2D eigenvalue weighted by atomic mass is 9.72. The summed E-state index contributed by atoms with van der Waals surface area (Å²) in [6.07, 6.45) is 1.79. The van der Waals surface area contributed by atoms with Gasteiger partial charge in [0.1, 0.15) is 0 Å². The molecule has 1 aliphatic carbocycles. The Kier molecular flexibility index (Phi) is 2.93. The van der Waals surface area contributed by atoms with Crippen LogP contribution in [0.2, 0.25) is 0 Å². The Balaban J connectivity index is 2.11. The van der Waals surface area contributed by atoms with Gasteiger partial charge in [-0.2, -0.15) is 0 Å². The number of hydrogen-bond acceptors (Lipinski definition) is 3. The summed E-state index contributed by atoms with van der Waals surface area (Å²) in [6.45, 7) is 2.01. The third kappa shape index (κ3) is 1.54. The highest BCUT2D eigenvalue weighted by Crippen LogP contribution is 2.51. The van der Waals surface area contributed by atoms with Crippen LogP contribution in [0.5, 0.6) is 0 Å². The van der Waals surface area contributed by atoms with Crippen LogP contribution in [0.15, 0.2) is 24.3 Å². The molecule has 1 aromatic carbocycles. The van der Waals surface area contributed by atoms with Crippen LogP contribution in [-0.4, -0.2) is 43.3 Å². The summed E-state index contributed by atoms with van der Waals surface area (Å²) in [4.78, 5) is 2.15. The predicted molar refractivity (Wildman–Crippen MR) is 72.7 cm³/mol. The zero-order chi connectivity index (χ0) is 12.8. The molecule has 1 fully saturated rings. The Labute approximate surface area is 109 Å². The lowest BCUT2D eigenvalue weighted by molar-refractivity contribution is 0.0140. The molecule has 2 aliphatic rings. The van der Waals surface area contributed by atoms with Gasteiger partial charge in [-0.25, -0.2) is 0 Å². The number of nitrogens with one attached hydrogen (secondary N) is 1. The molecule has 0 saturated carbocycles. The van der Waals surface area contributed by atoms with Gasteiger partial charge in [0.25, 0.3) is 0 Å². The molecule has 2 atom stereocenters. The third-order valence-electron chi connectivity index (χ3n) is 4.73. The van der Waals surface area contributed by atoms with Crippen molar-refractivity contribution in [3.8, 4) is 0 Å². The normalized spacial score (nSPS) is 29.8. The highest BCUT2D eigenvalue weighted by Gasteiger charge is 2.52. The van der Waals surface area contributed by atoms with E-state index in [0.717, 1.165) is 25.9 Å². The second-order valence-electron chi connectivity index (χ2n) is 5.85. The van der Waals surface area contributed by atoms with Crippen LogP contribution in [0.25, 0.3) is 0 Å². The van der Waals surface area contributed by atoms with Gasteiger partial charge < -0.3 is 15.3 Å². The van der Waals surface area contributed by atoms with E-state index in [-0.39, 0.29) is 17.6 Å². The van der Waals surface area contributed by atoms with E-state index in [1.165, 1.54) is 11.1 Å². The van der Waals surface area contributed by atoms with Gasteiger partial charge in [0.05, 0.1) is 12.1 Å². The maximum absolute atomic E-state index is 10.9. The van der Waals surface area contributed by atoms with Crippen molar-refractivity contribution in [1.29, 1.82) is 0 Å². The molecule has 1 saturated heterocycles. The molecule has 1 spiro atoms. The number of fused-ring (bicyclic) bond motifs is 2. The summed E-state index contributed by atoms with van der Waals surface area (Å²) < 4.78 is 0. The highest BCUT2D eigenvalue weighted by atomic mass is 16.3. The molecule has 0 radical (unpaired) electrons. The fourth-order valence-electron chi connectivity index (χ4n) is 3.84. The van der Waals surface area contributed by atoms with Crippen LogP contribution in [0.1, 0.15) is 30.0 Å². The van der Waals surface area contributed by atoms with Gasteiger partial charge >= 0.3 is 0 Å². The molecule has 1 aliphatic heterocycles. The maximum Gasteiger partial charge on any atom is 0.0834 e. The van der Waals surface area contributed by atoms with Crippen LogP contribution in [0.4, 0.5) is 0 Å². The molecular formula is C15H22N2O. The molecule has 0 bridgehead atoms. The third-order valence-corrected chi connectivity index (χ3v) is 4.73. The van der Waals surface area contributed by atoms with E-state index in [1.54, 1.807) is 0 Å². The predicted octanol–water partition coefficient (Wildman–Crippen LogP) is 1.28. The largest absolute Gasteiger partial charge is 0.390 e. The molecule has 2 N–H and O–H groups in total. The quantitative estimate of drug-likeness (QED) is 0.783. The minimum absolute atomic E-state index is 0.0310. The van der Waals surface area contributed by atoms with Crippen molar-refractivity contribution >= 4 is 0 Å². The van der Waals surface area contributed by atoms with E-state index in [1.807, 2.05) is 0 Å². The summed E-state index contributed by atoms with van der Waals surface area (Å²) in [5.41, 5.74) is 2.66. The average molecular weight is 246 g/mol. The Hall–Kier alpha value is -0.900. The lowest BCUT2D eigenvalue weighted by Crippen LogP contribution is -2.47.